The third-order valence-corrected chi connectivity index (χ3v) is 1.77. The predicted molar refractivity (Wildman–Crippen MR) is 38.5 cm³/mol. The third kappa shape index (κ3) is 6.91. The van der Waals surface area contributed by atoms with Crippen LogP contribution in [0.1, 0.15) is 0 Å². The first-order valence-corrected chi connectivity index (χ1v) is 4.72. The van der Waals surface area contributed by atoms with Crippen LogP contribution in [0.2, 0.25) is 0 Å². The highest BCUT2D eigenvalue weighted by molar-refractivity contribution is 7.34. The van der Waals surface area contributed by atoms with Gasteiger partial charge in [0.25, 0.3) is 0 Å². The van der Waals surface area contributed by atoms with Crippen LogP contribution in [-0.4, -0.2) is 31.7 Å². The molecular formula is C5H6F7NO2P+. The maximum absolute atomic E-state index is 12.2. The Morgan fingerprint density at radius 1 is 1.00 bits per heavy atom. The second-order valence-corrected chi connectivity index (χ2v) is 3.51. The molecule has 0 spiro atoms. The van der Waals surface area contributed by atoms with Gasteiger partial charge in [-0.05, 0) is 0 Å². The molecule has 11 heteroatoms. The molecule has 3 nitrogen and oxygen atoms in total. The van der Waals surface area contributed by atoms with Crippen LogP contribution in [0.3, 0.4) is 0 Å². The summed E-state index contributed by atoms with van der Waals surface area (Å²) < 4.78 is 89.3. The van der Waals surface area contributed by atoms with Gasteiger partial charge < -0.3 is 0 Å². The molecule has 0 aliphatic carbocycles. The van der Waals surface area contributed by atoms with E-state index < -0.39 is 39.9 Å². The van der Waals surface area contributed by atoms with Crippen LogP contribution >= 0.6 is 8.17 Å². The molecule has 96 valence electrons. The van der Waals surface area contributed by atoms with E-state index in [2.05, 4.69) is 9.05 Å². The molecule has 0 aliphatic rings. The van der Waals surface area contributed by atoms with Gasteiger partial charge in [-0.1, -0.05) is 5.16 Å². The van der Waals surface area contributed by atoms with Crippen molar-refractivity contribution in [2.75, 3.05) is 13.2 Å². The fourth-order valence-corrected chi connectivity index (χ4v) is 1.00. The Labute approximate surface area is 86.0 Å². The molecule has 1 N–H and O–H groups in total. The number of hydrogen-bond donors (Lipinski definition) is 1. The van der Waals surface area contributed by atoms with E-state index >= 15 is 0 Å². The number of rotatable bonds is 6. The van der Waals surface area contributed by atoms with Crippen LogP contribution in [-0.2, 0) is 9.05 Å². The summed E-state index contributed by atoms with van der Waals surface area (Å²) in [4.78, 5) is 0. The molecule has 0 amide bonds. The Bertz CT molecular complexity index is 243. The molecule has 0 heterocycles. The van der Waals surface area contributed by atoms with Gasteiger partial charge in [0.1, 0.15) is 0 Å². The largest absolute Gasteiger partial charge is 0.557 e. The van der Waals surface area contributed by atoms with Crippen molar-refractivity contribution in [3.05, 3.63) is 0 Å². The fourth-order valence-electron chi connectivity index (χ4n) is 0.377. The molecule has 1 atom stereocenters. The summed E-state index contributed by atoms with van der Waals surface area (Å²) in [5.41, 5.74) is 0. The van der Waals surface area contributed by atoms with Crippen molar-refractivity contribution in [1.82, 2.24) is 0 Å². The van der Waals surface area contributed by atoms with Gasteiger partial charge in [-0.3, -0.25) is 0 Å². The van der Waals surface area contributed by atoms with Gasteiger partial charge in [0, 0.05) is 0 Å². The quantitative estimate of drug-likeness (QED) is 0.595. The van der Waals surface area contributed by atoms with Gasteiger partial charge >= 0.3 is 26.7 Å². The second kappa shape index (κ2) is 5.74. The van der Waals surface area contributed by atoms with Crippen LogP contribution in [0.4, 0.5) is 30.7 Å². The minimum Gasteiger partial charge on any atom is -0.203 e. The Morgan fingerprint density at radius 3 is 1.81 bits per heavy atom. The van der Waals surface area contributed by atoms with Crippen molar-refractivity contribution < 1.29 is 39.8 Å². The minimum absolute atomic E-state index is 1.86. The van der Waals surface area contributed by atoms with E-state index in [1.807, 2.05) is 0 Å². The lowest BCUT2D eigenvalue weighted by molar-refractivity contribution is -0.159. The summed E-state index contributed by atoms with van der Waals surface area (Å²) in [6, 6.07) is 0. The standard InChI is InChI=1S/C5H6F7NO2P/c6-3(7)4(8,9)1-14-16(13)15-2-5(10,11)12/h3,13H,1-2H2/q+1. The van der Waals surface area contributed by atoms with E-state index in [-0.39, 0.29) is 0 Å². The van der Waals surface area contributed by atoms with Gasteiger partial charge in [0.05, 0.1) is 0 Å². The van der Waals surface area contributed by atoms with Gasteiger partial charge in [0.2, 0.25) is 0 Å². The van der Waals surface area contributed by atoms with Crippen molar-refractivity contribution in [3.63, 3.8) is 0 Å². The van der Waals surface area contributed by atoms with E-state index in [9.17, 15) is 30.7 Å². The minimum atomic E-state index is -4.74. The SMILES string of the molecule is N=[P+](OCC(F)(F)F)OCC(F)(F)C(F)F. The first kappa shape index (κ1) is 15.5. The summed E-state index contributed by atoms with van der Waals surface area (Å²) in [6.07, 6.45) is -8.76. The zero-order valence-electron chi connectivity index (χ0n) is 7.40. The molecule has 16 heavy (non-hydrogen) atoms. The Morgan fingerprint density at radius 2 is 1.44 bits per heavy atom. The highest BCUT2D eigenvalue weighted by Gasteiger charge is 2.44. The zero-order valence-corrected chi connectivity index (χ0v) is 8.30. The van der Waals surface area contributed by atoms with E-state index in [1.54, 1.807) is 0 Å². The average Bonchev–Trinajstić information content (AvgIpc) is 2.10. The Hall–Kier alpha value is -0.470. The highest BCUT2D eigenvalue weighted by atomic mass is 31.1. The van der Waals surface area contributed by atoms with E-state index in [1.165, 1.54) is 0 Å². The van der Waals surface area contributed by atoms with Crippen molar-refractivity contribution in [1.29, 1.82) is 5.16 Å². The Kier molecular flexibility index (Phi) is 5.57. The fraction of sp³-hybridized carbons (Fsp3) is 1.00. The van der Waals surface area contributed by atoms with Crippen LogP contribution in [0, 0.1) is 5.16 Å². The molecule has 0 aromatic rings. The summed E-state index contributed by atoms with van der Waals surface area (Å²) in [5.74, 6) is -4.51. The van der Waals surface area contributed by atoms with E-state index in [0.717, 1.165) is 0 Å². The van der Waals surface area contributed by atoms with Crippen molar-refractivity contribution in [2.45, 2.75) is 18.5 Å². The highest BCUT2D eigenvalue weighted by Crippen LogP contribution is 2.32. The second-order valence-electron chi connectivity index (χ2n) is 2.48. The third-order valence-electron chi connectivity index (χ3n) is 1.04. The summed E-state index contributed by atoms with van der Waals surface area (Å²) >= 11 is 0. The molecule has 0 rings (SSSR count). The van der Waals surface area contributed by atoms with Crippen molar-refractivity contribution in [3.8, 4) is 0 Å². The summed E-state index contributed by atoms with van der Waals surface area (Å²) in [5, 5.41) is 6.62. The lowest BCUT2D eigenvalue weighted by Crippen LogP contribution is -2.31. The molecule has 0 saturated carbocycles. The molecular weight excluding hydrogens is 270 g/mol. The molecule has 0 bridgehead atoms. The maximum atomic E-state index is 12.2. The topological polar surface area (TPSA) is 42.3 Å². The van der Waals surface area contributed by atoms with Crippen LogP contribution in [0.5, 0.6) is 0 Å². The molecule has 0 saturated heterocycles. The smallest absolute Gasteiger partial charge is 0.203 e. The predicted octanol–water partition coefficient (Wildman–Crippen LogP) is 3.56. The molecule has 1 unspecified atom stereocenters. The van der Waals surface area contributed by atoms with Gasteiger partial charge in [-0.2, -0.15) is 22.0 Å². The molecule has 0 aromatic heterocycles. The lowest BCUT2D eigenvalue weighted by Gasteiger charge is -2.10. The Balaban J connectivity index is 3.91. The van der Waals surface area contributed by atoms with Crippen LogP contribution in [0.15, 0.2) is 0 Å². The summed E-state index contributed by atoms with van der Waals surface area (Å²) in [6.45, 7) is -3.72. The van der Waals surface area contributed by atoms with E-state index in [0.29, 0.717) is 0 Å². The van der Waals surface area contributed by atoms with E-state index in [4.69, 9.17) is 5.16 Å². The maximum Gasteiger partial charge on any atom is 0.557 e. The first-order chi connectivity index (χ1) is 7.04. The van der Waals surface area contributed by atoms with Gasteiger partial charge in [0.15, 0.2) is 13.2 Å². The zero-order chi connectivity index (χ0) is 13.0. The van der Waals surface area contributed by atoms with Crippen LogP contribution in [0.25, 0.3) is 0 Å². The van der Waals surface area contributed by atoms with Gasteiger partial charge in [-0.25, -0.2) is 8.78 Å². The van der Waals surface area contributed by atoms with Gasteiger partial charge in [-0.15, -0.1) is 9.05 Å². The normalized spacial score (nSPS) is 14.4. The van der Waals surface area contributed by atoms with Crippen molar-refractivity contribution in [2.24, 2.45) is 0 Å². The first-order valence-electron chi connectivity index (χ1n) is 3.54. The number of hydrogen-bond acceptors (Lipinski definition) is 3. The average molecular weight is 276 g/mol. The summed E-state index contributed by atoms with van der Waals surface area (Å²) in [7, 11) is -3.02. The van der Waals surface area contributed by atoms with Crippen LogP contribution < -0.4 is 0 Å². The lowest BCUT2D eigenvalue weighted by atomic mass is 10.4. The number of nitrogens with one attached hydrogen (secondary N) is 1. The molecule has 0 aliphatic heterocycles. The molecule has 0 aromatic carbocycles. The molecule has 0 radical (unpaired) electrons. The van der Waals surface area contributed by atoms with Crippen molar-refractivity contribution >= 4 is 8.17 Å². The monoisotopic (exact) mass is 276 g/mol. The molecule has 0 fully saturated rings. The number of halogens is 7. The number of alkyl halides is 7.